The molecule has 0 saturated carbocycles. The minimum absolute atomic E-state index is 0.219. The van der Waals surface area contributed by atoms with Crippen LogP contribution in [-0.4, -0.2) is 21.2 Å². The zero-order valence-electron chi connectivity index (χ0n) is 11.3. The summed E-state index contributed by atoms with van der Waals surface area (Å²) in [5, 5.41) is 12.1. The Bertz CT molecular complexity index is 584. The number of halogens is 1. The van der Waals surface area contributed by atoms with Crippen LogP contribution in [0.25, 0.3) is 0 Å². The second kappa shape index (κ2) is 6.51. The number of urea groups is 1. The van der Waals surface area contributed by atoms with Crippen LogP contribution in [0.4, 0.5) is 4.79 Å². The van der Waals surface area contributed by atoms with Crippen molar-refractivity contribution in [2.24, 2.45) is 0 Å². The number of H-pyrrole nitrogens is 1. The number of benzene rings is 1. The summed E-state index contributed by atoms with van der Waals surface area (Å²) in [5.74, 6) is 0.625. The summed E-state index contributed by atoms with van der Waals surface area (Å²) in [6.07, 6.45) is 1.41. The van der Waals surface area contributed by atoms with Gasteiger partial charge in [0.25, 0.3) is 0 Å². The number of carbonyl (C=O) groups excluding carboxylic acids is 1. The second-order valence-corrected chi connectivity index (χ2v) is 5.41. The molecule has 0 bridgehead atoms. The highest BCUT2D eigenvalue weighted by Crippen LogP contribution is 2.15. The highest BCUT2D eigenvalue weighted by atomic mass is 79.9. The van der Waals surface area contributed by atoms with E-state index in [1.165, 1.54) is 6.33 Å². The lowest BCUT2D eigenvalue weighted by atomic mass is 10.1. The standard InChI is InChI=1S/C13H16BrN5O/c1-8-5-11(14)4-3-10(8)6-15-13(20)18-9(2)12-16-7-17-19-12/h3-5,7,9H,6H2,1-2H3,(H2,15,18,20)(H,16,17,19). The summed E-state index contributed by atoms with van der Waals surface area (Å²) in [5.41, 5.74) is 2.21. The summed E-state index contributed by atoms with van der Waals surface area (Å²) in [6, 6.07) is 5.50. The Morgan fingerprint density at radius 2 is 2.30 bits per heavy atom. The van der Waals surface area contributed by atoms with Gasteiger partial charge >= 0.3 is 6.03 Å². The van der Waals surface area contributed by atoms with Gasteiger partial charge in [-0.3, -0.25) is 5.10 Å². The van der Waals surface area contributed by atoms with E-state index in [1.54, 1.807) is 0 Å². The Morgan fingerprint density at radius 3 is 2.95 bits per heavy atom. The first-order chi connectivity index (χ1) is 9.56. The maximum atomic E-state index is 11.8. The molecule has 0 aliphatic carbocycles. The van der Waals surface area contributed by atoms with Gasteiger partial charge in [0.1, 0.15) is 12.2 Å². The number of aryl methyl sites for hydroxylation is 1. The Kier molecular flexibility index (Phi) is 4.73. The quantitative estimate of drug-likeness (QED) is 0.801. The normalized spacial score (nSPS) is 11.9. The van der Waals surface area contributed by atoms with Crippen molar-refractivity contribution in [3.05, 3.63) is 46.0 Å². The molecular formula is C13H16BrN5O. The van der Waals surface area contributed by atoms with Gasteiger partial charge in [-0.1, -0.05) is 22.0 Å². The maximum absolute atomic E-state index is 11.8. The van der Waals surface area contributed by atoms with E-state index in [2.05, 4.69) is 41.7 Å². The predicted molar refractivity (Wildman–Crippen MR) is 79.0 cm³/mol. The van der Waals surface area contributed by atoms with Crippen LogP contribution in [-0.2, 0) is 6.54 Å². The molecule has 0 aliphatic heterocycles. The smallest absolute Gasteiger partial charge is 0.315 e. The zero-order chi connectivity index (χ0) is 14.5. The molecule has 0 fully saturated rings. The van der Waals surface area contributed by atoms with Crippen LogP contribution in [0.2, 0.25) is 0 Å². The molecule has 1 heterocycles. The predicted octanol–water partition coefficient (Wildman–Crippen LogP) is 2.44. The van der Waals surface area contributed by atoms with Gasteiger partial charge in [0, 0.05) is 11.0 Å². The Hall–Kier alpha value is -1.89. The molecule has 0 aliphatic rings. The molecule has 0 spiro atoms. The van der Waals surface area contributed by atoms with Gasteiger partial charge in [0.2, 0.25) is 0 Å². The van der Waals surface area contributed by atoms with Crippen molar-refractivity contribution in [3.63, 3.8) is 0 Å². The molecule has 1 aromatic heterocycles. The molecule has 2 aromatic rings. The zero-order valence-corrected chi connectivity index (χ0v) is 12.9. The molecule has 1 unspecified atom stereocenters. The lowest BCUT2D eigenvalue weighted by molar-refractivity contribution is 0.237. The lowest BCUT2D eigenvalue weighted by Crippen LogP contribution is -2.37. The summed E-state index contributed by atoms with van der Waals surface area (Å²) in [6.45, 7) is 4.33. The molecule has 1 atom stereocenters. The molecule has 3 N–H and O–H groups in total. The lowest BCUT2D eigenvalue weighted by Gasteiger charge is -2.13. The molecule has 7 heteroatoms. The van der Waals surface area contributed by atoms with Crippen LogP contribution in [0.5, 0.6) is 0 Å². The number of amides is 2. The Labute approximate surface area is 125 Å². The van der Waals surface area contributed by atoms with Crippen LogP contribution >= 0.6 is 15.9 Å². The highest BCUT2D eigenvalue weighted by molar-refractivity contribution is 9.10. The van der Waals surface area contributed by atoms with Gasteiger partial charge in [-0.15, -0.1) is 0 Å². The molecule has 6 nitrogen and oxygen atoms in total. The SMILES string of the molecule is Cc1cc(Br)ccc1CNC(=O)NC(C)c1ncn[nH]1. The molecule has 1 aromatic carbocycles. The third kappa shape index (κ3) is 3.80. The first kappa shape index (κ1) is 14.5. The molecule has 2 amide bonds. The summed E-state index contributed by atoms with van der Waals surface area (Å²) >= 11 is 3.42. The fraction of sp³-hybridized carbons (Fsp3) is 0.308. The summed E-state index contributed by atoms with van der Waals surface area (Å²) < 4.78 is 1.03. The largest absolute Gasteiger partial charge is 0.334 e. The van der Waals surface area contributed by atoms with Gasteiger partial charge in [-0.2, -0.15) is 5.10 Å². The van der Waals surface area contributed by atoms with E-state index in [0.29, 0.717) is 12.4 Å². The number of nitrogens with zero attached hydrogens (tertiary/aromatic N) is 2. The first-order valence-corrected chi connectivity index (χ1v) is 7.00. The van der Waals surface area contributed by atoms with Crippen molar-refractivity contribution >= 4 is 22.0 Å². The number of aromatic nitrogens is 3. The van der Waals surface area contributed by atoms with Crippen molar-refractivity contribution < 1.29 is 4.79 Å². The maximum Gasteiger partial charge on any atom is 0.315 e. The van der Waals surface area contributed by atoms with E-state index in [1.807, 2.05) is 32.0 Å². The molecule has 106 valence electrons. The average molecular weight is 338 g/mol. The minimum atomic E-state index is -0.240. The number of hydrogen-bond acceptors (Lipinski definition) is 3. The second-order valence-electron chi connectivity index (χ2n) is 4.49. The number of rotatable bonds is 4. The number of aromatic amines is 1. The van der Waals surface area contributed by atoms with Crippen molar-refractivity contribution in [2.45, 2.75) is 26.4 Å². The molecular weight excluding hydrogens is 322 g/mol. The number of carbonyl (C=O) groups is 1. The van der Waals surface area contributed by atoms with Crippen molar-refractivity contribution in [1.82, 2.24) is 25.8 Å². The van der Waals surface area contributed by atoms with E-state index >= 15 is 0 Å². The van der Waals surface area contributed by atoms with Crippen LogP contribution in [0.15, 0.2) is 29.0 Å². The monoisotopic (exact) mass is 337 g/mol. The van der Waals surface area contributed by atoms with Gasteiger partial charge in [-0.05, 0) is 37.1 Å². The van der Waals surface area contributed by atoms with Crippen molar-refractivity contribution in [1.29, 1.82) is 0 Å². The van der Waals surface area contributed by atoms with E-state index in [4.69, 9.17) is 0 Å². The molecule has 2 rings (SSSR count). The van der Waals surface area contributed by atoms with E-state index in [9.17, 15) is 4.79 Å². The molecule has 0 saturated heterocycles. The third-order valence-corrected chi connectivity index (χ3v) is 3.43. The first-order valence-electron chi connectivity index (χ1n) is 6.21. The van der Waals surface area contributed by atoms with Crippen molar-refractivity contribution in [2.75, 3.05) is 0 Å². The topological polar surface area (TPSA) is 82.7 Å². The van der Waals surface area contributed by atoms with Gasteiger partial charge in [0.15, 0.2) is 0 Å². The van der Waals surface area contributed by atoms with E-state index in [-0.39, 0.29) is 12.1 Å². The van der Waals surface area contributed by atoms with Crippen LogP contribution in [0.1, 0.15) is 29.9 Å². The van der Waals surface area contributed by atoms with Crippen LogP contribution in [0, 0.1) is 6.92 Å². The molecule has 0 radical (unpaired) electrons. The number of nitrogens with one attached hydrogen (secondary N) is 3. The molecule has 20 heavy (non-hydrogen) atoms. The Balaban J connectivity index is 1.86. The highest BCUT2D eigenvalue weighted by Gasteiger charge is 2.11. The van der Waals surface area contributed by atoms with Gasteiger partial charge in [0.05, 0.1) is 6.04 Å². The average Bonchev–Trinajstić information content (AvgIpc) is 2.91. The van der Waals surface area contributed by atoms with Gasteiger partial charge in [-0.25, -0.2) is 9.78 Å². The summed E-state index contributed by atoms with van der Waals surface area (Å²) in [7, 11) is 0. The van der Waals surface area contributed by atoms with Crippen LogP contribution < -0.4 is 10.6 Å². The van der Waals surface area contributed by atoms with E-state index < -0.39 is 0 Å². The van der Waals surface area contributed by atoms with E-state index in [0.717, 1.165) is 15.6 Å². The van der Waals surface area contributed by atoms with Crippen molar-refractivity contribution in [3.8, 4) is 0 Å². The summed E-state index contributed by atoms with van der Waals surface area (Å²) in [4.78, 5) is 15.8. The minimum Gasteiger partial charge on any atom is -0.334 e. The fourth-order valence-electron chi connectivity index (χ4n) is 1.77. The third-order valence-electron chi connectivity index (χ3n) is 2.94. The number of hydrogen-bond donors (Lipinski definition) is 3. The van der Waals surface area contributed by atoms with Crippen LogP contribution in [0.3, 0.4) is 0 Å². The van der Waals surface area contributed by atoms with Gasteiger partial charge < -0.3 is 10.6 Å². The fourth-order valence-corrected chi connectivity index (χ4v) is 2.25. The Morgan fingerprint density at radius 1 is 1.50 bits per heavy atom.